The largest absolute Gasteiger partial charge is 0.396 e. The molecular formula is C14H20ClNO. The van der Waals surface area contributed by atoms with Crippen molar-refractivity contribution in [2.24, 2.45) is 11.1 Å². The van der Waals surface area contributed by atoms with Crippen LogP contribution in [0.4, 0.5) is 0 Å². The molecule has 2 nitrogen and oxygen atoms in total. The Morgan fingerprint density at radius 2 is 1.94 bits per heavy atom. The molecule has 94 valence electrons. The molecule has 2 rings (SSSR count). The van der Waals surface area contributed by atoms with Gasteiger partial charge in [0.25, 0.3) is 0 Å². The van der Waals surface area contributed by atoms with Crippen LogP contribution < -0.4 is 5.73 Å². The zero-order chi connectivity index (χ0) is 12.3. The zero-order valence-corrected chi connectivity index (χ0v) is 10.8. The number of nitrogens with two attached hydrogens (primary N) is 1. The summed E-state index contributed by atoms with van der Waals surface area (Å²) in [6.07, 6.45) is 4.47. The molecule has 0 unspecified atom stereocenters. The van der Waals surface area contributed by atoms with E-state index >= 15 is 0 Å². The van der Waals surface area contributed by atoms with E-state index in [-0.39, 0.29) is 17.9 Å². The first-order valence-electron chi connectivity index (χ1n) is 6.29. The molecule has 0 heterocycles. The monoisotopic (exact) mass is 253 g/mol. The summed E-state index contributed by atoms with van der Waals surface area (Å²) >= 11 is 6.26. The molecule has 3 heteroatoms. The minimum absolute atomic E-state index is 0.0558. The van der Waals surface area contributed by atoms with Gasteiger partial charge in [-0.25, -0.2) is 0 Å². The average molecular weight is 254 g/mol. The van der Waals surface area contributed by atoms with Gasteiger partial charge in [0.05, 0.1) is 0 Å². The van der Waals surface area contributed by atoms with Crippen LogP contribution in [0.2, 0.25) is 5.02 Å². The predicted molar refractivity (Wildman–Crippen MR) is 71.2 cm³/mol. The lowest BCUT2D eigenvalue weighted by molar-refractivity contribution is 0.103. The molecule has 0 saturated heterocycles. The van der Waals surface area contributed by atoms with Crippen LogP contribution in [-0.4, -0.2) is 18.3 Å². The summed E-state index contributed by atoms with van der Waals surface area (Å²) in [6, 6.07) is 7.86. The molecule has 1 saturated carbocycles. The summed E-state index contributed by atoms with van der Waals surface area (Å²) < 4.78 is 0. The number of halogens is 1. The van der Waals surface area contributed by atoms with Gasteiger partial charge >= 0.3 is 0 Å². The van der Waals surface area contributed by atoms with Crippen molar-refractivity contribution >= 4 is 11.6 Å². The third-order valence-corrected chi connectivity index (χ3v) is 4.51. The van der Waals surface area contributed by atoms with Crippen molar-refractivity contribution in [3.05, 3.63) is 34.9 Å². The van der Waals surface area contributed by atoms with E-state index in [1.807, 2.05) is 24.3 Å². The van der Waals surface area contributed by atoms with Gasteiger partial charge in [0, 0.05) is 23.0 Å². The third kappa shape index (κ3) is 2.35. The van der Waals surface area contributed by atoms with Crippen LogP contribution in [0.1, 0.15) is 37.2 Å². The number of hydrogen-bond donors (Lipinski definition) is 2. The van der Waals surface area contributed by atoms with Crippen LogP contribution in [-0.2, 0) is 0 Å². The third-order valence-electron chi connectivity index (χ3n) is 4.17. The summed E-state index contributed by atoms with van der Waals surface area (Å²) in [5.74, 6) is 0.170. The summed E-state index contributed by atoms with van der Waals surface area (Å²) in [5.41, 5.74) is 6.98. The van der Waals surface area contributed by atoms with Gasteiger partial charge in [-0.3, -0.25) is 0 Å². The quantitative estimate of drug-likeness (QED) is 0.867. The van der Waals surface area contributed by atoms with Crippen LogP contribution in [0, 0.1) is 5.41 Å². The van der Waals surface area contributed by atoms with E-state index in [1.54, 1.807) is 0 Å². The van der Waals surface area contributed by atoms with E-state index in [0.29, 0.717) is 6.54 Å². The fourth-order valence-electron chi connectivity index (χ4n) is 3.16. The van der Waals surface area contributed by atoms with Crippen molar-refractivity contribution in [2.75, 3.05) is 13.2 Å². The molecule has 1 fully saturated rings. The predicted octanol–water partition coefficient (Wildman–Crippen LogP) is 2.94. The molecule has 3 N–H and O–H groups in total. The van der Waals surface area contributed by atoms with Crippen LogP contribution >= 0.6 is 11.6 Å². The lowest BCUT2D eigenvalue weighted by Gasteiger charge is -2.36. The van der Waals surface area contributed by atoms with Gasteiger partial charge in [0.15, 0.2) is 0 Å². The summed E-state index contributed by atoms with van der Waals surface area (Å²) in [4.78, 5) is 0. The summed E-state index contributed by atoms with van der Waals surface area (Å²) in [6.45, 7) is 0.754. The Morgan fingerprint density at radius 3 is 2.47 bits per heavy atom. The Morgan fingerprint density at radius 1 is 1.29 bits per heavy atom. The van der Waals surface area contributed by atoms with Crippen LogP contribution in [0.3, 0.4) is 0 Å². The molecule has 1 atom stereocenters. The Bertz CT molecular complexity index is 374. The van der Waals surface area contributed by atoms with Gasteiger partial charge in [-0.05, 0) is 31.0 Å². The first-order valence-corrected chi connectivity index (χ1v) is 6.67. The normalized spacial score (nSPS) is 20.4. The van der Waals surface area contributed by atoms with Crippen LogP contribution in [0.5, 0.6) is 0 Å². The average Bonchev–Trinajstić information content (AvgIpc) is 2.82. The second-order valence-corrected chi connectivity index (χ2v) is 5.44. The first kappa shape index (κ1) is 12.9. The Hall–Kier alpha value is -0.570. The second-order valence-electron chi connectivity index (χ2n) is 5.04. The van der Waals surface area contributed by atoms with Crippen molar-refractivity contribution in [3.63, 3.8) is 0 Å². The Balaban J connectivity index is 2.36. The van der Waals surface area contributed by atoms with E-state index < -0.39 is 0 Å². The van der Waals surface area contributed by atoms with Gasteiger partial charge in [-0.2, -0.15) is 0 Å². The molecule has 0 radical (unpaired) electrons. The fourth-order valence-corrected chi connectivity index (χ4v) is 3.43. The highest BCUT2D eigenvalue weighted by Crippen LogP contribution is 2.49. The van der Waals surface area contributed by atoms with E-state index in [0.717, 1.165) is 23.4 Å². The second kappa shape index (κ2) is 5.38. The maximum atomic E-state index is 9.77. The summed E-state index contributed by atoms with van der Waals surface area (Å²) in [7, 11) is 0. The minimum Gasteiger partial charge on any atom is -0.396 e. The standard InChI is InChI=1S/C14H20ClNO/c15-13-6-2-1-5-11(13)12(9-16)14(10-17)7-3-4-8-14/h1-2,5-6,12,17H,3-4,7-10,16H2/t12-/m0/s1. The molecule has 1 aliphatic carbocycles. The van der Waals surface area contributed by atoms with E-state index in [1.165, 1.54) is 12.8 Å². The highest BCUT2D eigenvalue weighted by molar-refractivity contribution is 6.31. The fraction of sp³-hybridized carbons (Fsp3) is 0.571. The topological polar surface area (TPSA) is 46.2 Å². The van der Waals surface area contributed by atoms with Gasteiger partial charge in [0.1, 0.15) is 0 Å². The van der Waals surface area contributed by atoms with Gasteiger partial charge in [-0.1, -0.05) is 42.6 Å². The molecule has 17 heavy (non-hydrogen) atoms. The molecule has 0 aromatic heterocycles. The number of rotatable bonds is 4. The maximum absolute atomic E-state index is 9.77. The number of aliphatic hydroxyl groups is 1. The van der Waals surface area contributed by atoms with Crippen LogP contribution in [0.15, 0.2) is 24.3 Å². The van der Waals surface area contributed by atoms with E-state index in [4.69, 9.17) is 17.3 Å². The molecule has 0 spiro atoms. The lowest BCUT2D eigenvalue weighted by atomic mass is 9.71. The highest BCUT2D eigenvalue weighted by atomic mass is 35.5. The van der Waals surface area contributed by atoms with Gasteiger partial charge in [-0.15, -0.1) is 0 Å². The Kier molecular flexibility index (Phi) is 4.08. The molecule has 0 aliphatic heterocycles. The van der Waals surface area contributed by atoms with Gasteiger partial charge in [0.2, 0.25) is 0 Å². The first-order chi connectivity index (χ1) is 8.23. The van der Waals surface area contributed by atoms with Crippen molar-refractivity contribution in [1.82, 2.24) is 0 Å². The van der Waals surface area contributed by atoms with E-state index in [9.17, 15) is 5.11 Å². The molecule has 1 aliphatic rings. The number of benzene rings is 1. The molecule has 1 aromatic rings. The minimum atomic E-state index is -0.0558. The van der Waals surface area contributed by atoms with Crippen molar-refractivity contribution in [2.45, 2.75) is 31.6 Å². The molecule has 1 aromatic carbocycles. The SMILES string of the molecule is NC[C@@H](c1ccccc1Cl)C1(CO)CCCC1. The summed E-state index contributed by atoms with van der Waals surface area (Å²) in [5, 5.41) is 10.5. The number of aliphatic hydroxyl groups excluding tert-OH is 1. The van der Waals surface area contributed by atoms with Crippen molar-refractivity contribution in [1.29, 1.82) is 0 Å². The highest BCUT2D eigenvalue weighted by Gasteiger charge is 2.41. The zero-order valence-electron chi connectivity index (χ0n) is 10.0. The Labute approximate surface area is 108 Å². The number of hydrogen-bond acceptors (Lipinski definition) is 2. The van der Waals surface area contributed by atoms with Crippen LogP contribution in [0.25, 0.3) is 0 Å². The van der Waals surface area contributed by atoms with Crippen molar-refractivity contribution < 1.29 is 5.11 Å². The molecular weight excluding hydrogens is 234 g/mol. The molecule has 0 amide bonds. The smallest absolute Gasteiger partial charge is 0.0493 e. The molecule has 0 bridgehead atoms. The van der Waals surface area contributed by atoms with Crippen molar-refractivity contribution in [3.8, 4) is 0 Å². The van der Waals surface area contributed by atoms with Gasteiger partial charge < -0.3 is 10.8 Å². The maximum Gasteiger partial charge on any atom is 0.0493 e. The van der Waals surface area contributed by atoms with E-state index in [2.05, 4.69) is 0 Å². The lowest BCUT2D eigenvalue weighted by Crippen LogP contribution is -2.34.